The van der Waals surface area contributed by atoms with E-state index >= 15 is 0 Å². The van der Waals surface area contributed by atoms with Crippen LogP contribution in [0.25, 0.3) is 10.9 Å². The number of hydrogen-bond donors (Lipinski definition) is 2. The van der Waals surface area contributed by atoms with Gasteiger partial charge >= 0.3 is 0 Å². The van der Waals surface area contributed by atoms with E-state index in [4.69, 9.17) is 11.6 Å². The minimum absolute atomic E-state index is 0.780. The monoisotopic (exact) mass is 278 g/mol. The Bertz CT molecular complexity index is 516. The molecule has 0 aliphatic heterocycles. The van der Waals surface area contributed by atoms with Gasteiger partial charge in [0.05, 0.1) is 0 Å². The van der Waals surface area contributed by atoms with Crippen LogP contribution < -0.4 is 5.32 Å². The highest BCUT2D eigenvalue weighted by Crippen LogP contribution is 2.21. The summed E-state index contributed by atoms with van der Waals surface area (Å²) < 4.78 is 0. The van der Waals surface area contributed by atoms with Crippen molar-refractivity contribution in [1.29, 1.82) is 0 Å². The van der Waals surface area contributed by atoms with Crippen LogP contribution >= 0.6 is 11.6 Å². The second-order valence-electron chi connectivity index (χ2n) is 5.57. The van der Waals surface area contributed by atoms with Crippen molar-refractivity contribution >= 4 is 22.5 Å². The number of aromatic amines is 1. The molecule has 2 aromatic rings. The van der Waals surface area contributed by atoms with Gasteiger partial charge in [-0.3, -0.25) is 0 Å². The molecular weight excluding hydrogens is 256 g/mol. The maximum atomic E-state index is 5.98. The summed E-state index contributed by atoms with van der Waals surface area (Å²) in [6, 6.07) is 6.01. The Labute approximate surface area is 120 Å². The topological polar surface area (TPSA) is 27.8 Å². The van der Waals surface area contributed by atoms with Crippen LogP contribution in [0.15, 0.2) is 24.4 Å². The van der Waals surface area contributed by atoms with Gasteiger partial charge in [0.1, 0.15) is 0 Å². The van der Waals surface area contributed by atoms with Crippen LogP contribution in [0.1, 0.15) is 38.7 Å². The first-order valence-electron chi connectivity index (χ1n) is 7.13. The number of benzene rings is 1. The Kier molecular flexibility index (Phi) is 5.29. The molecule has 1 aromatic heterocycles. The summed E-state index contributed by atoms with van der Waals surface area (Å²) in [5, 5.41) is 5.56. The summed E-state index contributed by atoms with van der Waals surface area (Å²) in [6.07, 6.45) is 5.97. The van der Waals surface area contributed by atoms with Crippen LogP contribution in [0.5, 0.6) is 0 Å². The van der Waals surface area contributed by atoms with Crippen molar-refractivity contribution in [2.75, 3.05) is 6.54 Å². The summed E-state index contributed by atoms with van der Waals surface area (Å²) in [6.45, 7) is 6.57. The molecule has 1 heterocycles. The van der Waals surface area contributed by atoms with Crippen LogP contribution in [-0.4, -0.2) is 11.5 Å². The molecule has 2 N–H and O–H groups in total. The highest BCUT2D eigenvalue weighted by molar-refractivity contribution is 6.31. The van der Waals surface area contributed by atoms with Crippen molar-refractivity contribution in [3.05, 3.63) is 35.0 Å². The fourth-order valence-corrected chi connectivity index (χ4v) is 2.50. The molecule has 0 unspecified atom stereocenters. The lowest BCUT2D eigenvalue weighted by molar-refractivity contribution is 0.521. The van der Waals surface area contributed by atoms with Gasteiger partial charge in [-0.2, -0.15) is 0 Å². The van der Waals surface area contributed by atoms with Gasteiger partial charge in [-0.15, -0.1) is 0 Å². The second kappa shape index (κ2) is 6.97. The number of H-pyrrole nitrogens is 1. The van der Waals surface area contributed by atoms with Crippen LogP contribution in [0.4, 0.5) is 0 Å². The molecule has 0 saturated carbocycles. The van der Waals surface area contributed by atoms with Crippen molar-refractivity contribution < 1.29 is 0 Å². The quantitative estimate of drug-likeness (QED) is 0.704. The van der Waals surface area contributed by atoms with Crippen molar-refractivity contribution in [3.63, 3.8) is 0 Å². The molecule has 2 nitrogen and oxygen atoms in total. The molecule has 0 aliphatic rings. The number of aromatic nitrogens is 1. The molecule has 1 aromatic carbocycles. The molecule has 3 heteroatoms. The summed E-state index contributed by atoms with van der Waals surface area (Å²) in [5.41, 5.74) is 2.43. The number of nitrogens with one attached hydrogen (secondary N) is 2. The molecular formula is C16H23ClN2. The SMILES string of the molecule is CC(C)CCCCNCc1c[nH]c2cc(Cl)ccc12. The first kappa shape index (κ1) is 14.4. The predicted octanol–water partition coefficient (Wildman–Crippen LogP) is 4.74. The van der Waals surface area contributed by atoms with E-state index in [1.165, 1.54) is 30.2 Å². The van der Waals surface area contributed by atoms with E-state index < -0.39 is 0 Å². The average molecular weight is 279 g/mol. The third-order valence-electron chi connectivity index (χ3n) is 3.43. The van der Waals surface area contributed by atoms with E-state index in [1.54, 1.807) is 0 Å². The zero-order valence-corrected chi connectivity index (χ0v) is 12.6. The molecule has 0 fully saturated rings. The standard InChI is InChI=1S/C16H23ClN2/c1-12(2)5-3-4-8-18-10-13-11-19-16-9-14(17)6-7-15(13)16/h6-7,9,11-12,18-19H,3-5,8,10H2,1-2H3. The van der Waals surface area contributed by atoms with Gasteiger partial charge in [0.25, 0.3) is 0 Å². The third kappa shape index (κ3) is 4.26. The van der Waals surface area contributed by atoms with Crippen molar-refractivity contribution in [2.24, 2.45) is 5.92 Å². The first-order valence-corrected chi connectivity index (χ1v) is 7.51. The maximum absolute atomic E-state index is 5.98. The smallest absolute Gasteiger partial charge is 0.0472 e. The minimum Gasteiger partial charge on any atom is -0.361 e. The summed E-state index contributed by atoms with van der Waals surface area (Å²) in [7, 11) is 0. The first-order chi connectivity index (χ1) is 9.16. The van der Waals surface area contributed by atoms with E-state index in [-0.39, 0.29) is 0 Å². The van der Waals surface area contributed by atoms with E-state index in [0.29, 0.717) is 0 Å². The van der Waals surface area contributed by atoms with Gasteiger partial charge in [-0.25, -0.2) is 0 Å². The molecule has 0 atom stereocenters. The molecule has 0 amide bonds. The summed E-state index contributed by atoms with van der Waals surface area (Å²) >= 11 is 5.98. The Balaban J connectivity index is 1.79. The molecule has 2 rings (SSSR count). The van der Waals surface area contributed by atoms with E-state index in [1.807, 2.05) is 12.1 Å². The van der Waals surface area contributed by atoms with Gasteiger partial charge in [0.15, 0.2) is 0 Å². The molecule has 0 radical (unpaired) electrons. The fraction of sp³-hybridized carbons (Fsp3) is 0.500. The normalized spacial score (nSPS) is 11.6. The number of halogens is 1. The third-order valence-corrected chi connectivity index (χ3v) is 3.67. The van der Waals surface area contributed by atoms with E-state index in [2.05, 4.69) is 36.4 Å². The average Bonchev–Trinajstić information content (AvgIpc) is 2.75. The number of unbranched alkanes of at least 4 members (excludes halogenated alkanes) is 1. The zero-order chi connectivity index (χ0) is 13.7. The van der Waals surface area contributed by atoms with Gasteiger partial charge in [0, 0.05) is 28.7 Å². The molecule has 0 spiro atoms. The van der Waals surface area contributed by atoms with Crippen molar-refractivity contribution in [2.45, 2.75) is 39.7 Å². The highest BCUT2D eigenvalue weighted by Gasteiger charge is 2.03. The summed E-state index contributed by atoms with van der Waals surface area (Å²) in [4.78, 5) is 3.27. The fourth-order valence-electron chi connectivity index (χ4n) is 2.33. The van der Waals surface area contributed by atoms with Crippen LogP contribution in [0.3, 0.4) is 0 Å². The lowest BCUT2D eigenvalue weighted by atomic mass is 10.1. The largest absolute Gasteiger partial charge is 0.361 e. The van der Waals surface area contributed by atoms with Crippen LogP contribution in [-0.2, 0) is 6.54 Å². The Morgan fingerprint density at radius 3 is 2.89 bits per heavy atom. The highest BCUT2D eigenvalue weighted by atomic mass is 35.5. The van der Waals surface area contributed by atoms with E-state index in [9.17, 15) is 0 Å². The molecule has 0 bridgehead atoms. The van der Waals surface area contributed by atoms with Gasteiger partial charge in [0.2, 0.25) is 0 Å². The van der Waals surface area contributed by atoms with Gasteiger partial charge < -0.3 is 10.3 Å². The second-order valence-corrected chi connectivity index (χ2v) is 6.01. The Morgan fingerprint density at radius 2 is 2.11 bits per heavy atom. The lowest BCUT2D eigenvalue weighted by Gasteiger charge is -2.06. The Hall–Kier alpha value is -0.990. The number of hydrogen-bond acceptors (Lipinski definition) is 1. The number of rotatable bonds is 7. The maximum Gasteiger partial charge on any atom is 0.0472 e. The van der Waals surface area contributed by atoms with Gasteiger partial charge in [-0.05, 0) is 36.6 Å². The van der Waals surface area contributed by atoms with E-state index in [0.717, 1.165) is 29.5 Å². The van der Waals surface area contributed by atoms with Crippen molar-refractivity contribution in [3.8, 4) is 0 Å². The minimum atomic E-state index is 0.780. The van der Waals surface area contributed by atoms with Gasteiger partial charge in [-0.1, -0.05) is 44.4 Å². The molecule has 19 heavy (non-hydrogen) atoms. The Morgan fingerprint density at radius 1 is 1.26 bits per heavy atom. The molecule has 0 aliphatic carbocycles. The van der Waals surface area contributed by atoms with Crippen LogP contribution in [0.2, 0.25) is 5.02 Å². The van der Waals surface area contributed by atoms with Crippen LogP contribution in [0, 0.1) is 5.92 Å². The molecule has 0 saturated heterocycles. The predicted molar refractivity (Wildman–Crippen MR) is 83.7 cm³/mol. The lowest BCUT2D eigenvalue weighted by Crippen LogP contribution is -2.14. The molecule has 104 valence electrons. The zero-order valence-electron chi connectivity index (χ0n) is 11.8. The number of fused-ring (bicyclic) bond motifs is 1. The summed E-state index contributed by atoms with van der Waals surface area (Å²) in [5.74, 6) is 0.818. The van der Waals surface area contributed by atoms with Crippen molar-refractivity contribution in [1.82, 2.24) is 10.3 Å².